The Hall–Kier alpha value is -2.21. The average Bonchev–Trinajstić information content (AvgIpc) is 2.47. The molecule has 2 atom stereocenters. The highest BCUT2D eigenvalue weighted by molar-refractivity contribution is 5.97. The van der Waals surface area contributed by atoms with E-state index in [1.165, 1.54) is 6.92 Å². The first-order valence-electron chi connectivity index (χ1n) is 7.08. The number of ether oxygens (including phenoxy) is 1. The SMILES string of the molecule is CC(OC(=O)C(NCC(=O)c1ccccc1)C(C)C)C(=O)O. The number of ketones is 1. The molecule has 6 nitrogen and oxygen atoms in total. The third-order valence-electron chi connectivity index (χ3n) is 3.14. The van der Waals surface area contributed by atoms with Crippen LogP contribution in [0.1, 0.15) is 31.1 Å². The van der Waals surface area contributed by atoms with Gasteiger partial charge < -0.3 is 9.84 Å². The van der Waals surface area contributed by atoms with Crippen LogP contribution in [0.5, 0.6) is 0 Å². The summed E-state index contributed by atoms with van der Waals surface area (Å²) in [5.74, 6) is -2.18. The maximum atomic E-state index is 12.0. The average molecular weight is 307 g/mol. The maximum Gasteiger partial charge on any atom is 0.344 e. The summed E-state index contributed by atoms with van der Waals surface area (Å²) in [5, 5.41) is 11.6. The van der Waals surface area contributed by atoms with Gasteiger partial charge in [0.05, 0.1) is 6.54 Å². The fourth-order valence-corrected chi connectivity index (χ4v) is 1.82. The largest absolute Gasteiger partial charge is 0.479 e. The molecule has 0 aliphatic rings. The van der Waals surface area contributed by atoms with Gasteiger partial charge in [0.2, 0.25) is 0 Å². The number of carboxylic acids is 1. The van der Waals surface area contributed by atoms with Gasteiger partial charge in [-0.25, -0.2) is 4.79 Å². The molecule has 0 heterocycles. The van der Waals surface area contributed by atoms with Crippen LogP contribution in [0, 0.1) is 5.92 Å². The van der Waals surface area contributed by atoms with Crippen molar-refractivity contribution in [3.8, 4) is 0 Å². The molecule has 6 heteroatoms. The summed E-state index contributed by atoms with van der Waals surface area (Å²) < 4.78 is 4.86. The quantitative estimate of drug-likeness (QED) is 0.558. The van der Waals surface area contributed by atoms with Gasteiger partial charge >= 0.3 is 11.9 Å². The third kappa shape index (κ3) is 5.29. The number of rotatable bonds is 8. The molecule has 120 valence electrons. The van der Waals surface area contributed by atoms with Crippen LogP contribution in [0.4, 0.5) is 0 Å². The standard InChI is InChI=1S/C16H21NO5/c1-10(2)14(16(21)22-11(3)15(19)20)17-9-13(18)12-7-5-4-6-8-12/h4-8,10-11,14,17H,9H2,1-3H3,(H,19,20). The molecule has 0 bridgehead atoms. The lowest BCUT2D eigenvalue weighted by atomic mass is 10.0. The number of nitrogens with one attached hydrogen (secondary N) is 1. The summed E-state index contributed by atoms with van der Waals surface area (Å²) in [6.45, 7) is 4.84. The van der Waals surface area contributed by atoms with Gasteiger partial charge in [-0.2, -0.15) is 0 Å². The Bertz CT molecular complexity index is 527. The van der Waals surface area contributed by atoms with Crippen molar-refractivity contribution < 1.29 is 24.2 Å². The van der Waals surface area contributed by atoms with Gasteiger partial charge in [-0.3, -0.25) is 14.9 Å². The molecule has 2 N–H and O–H groups in total. The lowest BCUT2D eigenvalue weighted by Gasteiger charge is -2.21. The number of Topliss-reactive ketones (excluding diaryl/α,β-unsaturated/α-hetero) is 1. The number of benzene rings is 1. The highest BCUT2D eigenvalue weighted by Gasteiger charge is 2.27. The normalized spacial score (nSPS) is 13.5. The van der Waals surface area contributed by atoms with E-state index in [0.717, 1.165) is 0 Å². The van der Waals surface area contributed by atoms with E-state index in [1.54, 1.807) is 38.1 Å². The number of aliphatic carboxylic acids is 1. The Balaban J connectivity index is 2.63. The molecule has 0 amide bonds. The van der Waals surface area contributed by atoms with Crippen molar-refractivity contribution in [2.75, 3.05) is 6.54 Å². The smallest absolute Gasteiger partial charge is 0.344 e. The molecule has 0 saturated carbocycles. The van der Waals surface area contributed by atoms with Gasteiger partial charge in [0.25, 0.3) is 0 Å². The van der Waals surface area contributed by atoms with Gasteiger partial charge in [0.1, 0.15) is 6.04 Å². The van der Waals surface area contributed by atoms with Crippen LogP contribution >= 0.6 is 0 Å². The number of hydrogen-bond acceptors (Lipinski definition) is 5. The van der Waals surface area contributed by atoms with E-state index in [1.807, 2.05) is 6.07 Å². The van der Waals surface area contributed by atoms with E-state index in [0.29, 0.717) is 5.56 Å². The van der Waals surface area contributed by atoms with Crippen LogP contribution in [0.15, 0.2) is 30.3 Å². The van der Waals surface area contributed by atoms with Gasteiger partial charge in [0, 0.05) is 5.56 Å². The first-order valence-corrected chi connectivity index (χ1v) is 7.08. The highest BCUT2D eigenvalue weighted by atomic mass is 16.6. The predicted molar refractivity (Wildman–Crippen MR) is 80.6 cm³/mol. The Kier molecular flexibility index (Phi) is 6.72. The summed E-state index contributed by atoms with van der Waals surface area (Å²) in [7, 11) is 0. The van der Waals surface area contributed by atoms with Crippen molar-refractivity contribution in [2.24, 2.45) is 5.92 Å². The van der Waals surface area contributed by atoms with Crippen LogP contribution in [-0.2, 0) is 14.3 Å². The second kappa shape index (κ2) is 8.29. The summed E-state index contributed by atoms with van der Waals surface area (Å²) >= 11 is 0. The Morgan fingerprint density at radius 2 is 1.73 bits per heavy atom. The Morgan fingerprint density at radius 3 is 2.23 bits per heavy atom. The minimum atomic E-state index is -1.22. The topological polar surface area (TPSA) is 92.7 Å². The molecule has 1 rings (SSSR count). The van der Waals surface area contributed by atoms with Crippen molar-refractivity contribution in [1.82, 2.24) is 5.32 Å². The van der Waals surface area contributed by atoms with E-state index in [2.05, 4.69) is 5.32 Å². The van der Waals surface area contributed by atoms with Crippen molar-refractivity contribution in [2.45, 2.75) is 32.9 Å². The summed E-state index contributed by atoms with van der Waals surface area (Å²) in [6, 6.07) is 7.98. The number of carbonyl (C=O) groups excluding carboxylic acids is 2. The first-order chi connectivity index (χ1) is 10.3. The highest BCUT2D eigenvalue weighted by Crippen LogP contribution is 2.07. The monoisotopic (exact) mass is 307 g/mol. The van der Waals surface area contributed by atoms with Crippen LogP contribution < -0.4 is 5.32 Å². The van der Waals surface area contributed by atoms with Crippen LogP contribution in [0.3, 0.4) is 0 Å². The van der Waals surface area contributed by atoms with Gasteiger partial charge in [0.15, 0.2) is 11.9 Å². The minimum absolute atomic E-state index is 0.0244. The molecule has 0 radical (unpaired) electrons. The fourth-order valence-electron chi connectivity index (χ4n) is 1.82. The summed E-state index contributed by atoms with van der Waals surface area (Å²) in [6.07, 6.45) is -1.22. The summed E-state index contributed by atoms with van der Waals surface area (Å²) in [4.78, 5) is 34.7. The van der Waals surface area contributed by atoms with Gasteiger partial charge in [-0.1, -0.05) is 44.2 Å². The second-order valence-corrected chi connectivity index (χ2v) is 5.31. The number of carboxylic acid groups (broad SMARTS) is 1. The van der Waals surface area contributed by atoms with E-state index in [-0.39, 0.29) is 18.2 Å². The molecule has 0 saturated heterocycles. The van der Waals surface area contributed by atoms with E-state index >= 15 is 0 Å². The zero-order valence-corrected chi connectivity index (χ0v) is 12.9. The molecule has 1 aromatic rings. The van der Waals surface area contributed by atoms with E-state index < -0.39 is 24.1 Å². The number of esters is 1. The van der Waals surface area contributed by atoms with Crippen molar-refractivity contribution in [3.05, 3.63) is 35.9 Å². The van der Waals surface area contributed by atoms with Gasteiger partial charge in [-0.15, -0.1) is 0 Å². The molecule has 2 unspecified atom stereocenters. The number of carbonyl (C=O) groups is 3. The molecule has 0 aliphatic carbocycles. The Morgan fingerprint density at radius 1 is 1.14 bits per heavy atom. The minimum Gasteiger partial charge on any atom is -0.479 e. The lowest BCUT2D eigenvalue weighted by Crippen LogP contribution is -2.45. The van der Waals surface area contributed by atoms with Crippen molar-refractivity contribution >= 4 is 17.7 Å². The zero-order chi connectivity index (χ0) is 16.7. The van der Waals surface area contributed by atoms with E-state index in [4.69, 9.17) is 9.84 Å². The Labute approximate surface area is 129 Å². The van der Waals surface area contributed by atoms with Gasteiger partial charge in [-0.05, 0) is 12.8 Å². The van der Waals surface area contributed by atoms with Crippen molar-refractivity contribution in [3.63, 3.8) is 0 Å². The molecule has 0 aromatic heterocycles. The zero-order valence-electron chi connectivity index (χ0n) is 12.9. The second-order valence-electron chi connectivity index (χ2n) is 5.31. The molecule has 22 heavy (non-hydrogen) atoms. The van der Waals surface area contributed by atoms with E-state index in [9.17, 15) is 14.4 Å². The molecular formula is C16H21NO5. The predicted octanol–water partition coefficient (Wildman–Crippen LogP) is 1.50. The summed E-state index contributed by atoms with van der Waals surface area (Å²) in [5.41, 5.74) is 0.546. The maximum absolute atomic E-state index is 12.0. The molecule has 0 spiro atoms. The van der Waals surface area contributed by atoms with Crippen LogP contribution in [0.2, 0.25) is 0 Å². The molecule has 1 aromatic carbocycles. The molecule has 0 aliphatic heterocycles. The van der Waals surface area contributed by atoms with Crippen LogP contribution in [-0.4, -0.2) is 41.5 Å². The fraction of sp³-hybridized carbons (Fsp3) is 0.438. The van der Waals surface area contributed by atoms with Crippen LogP contribution in [0.25, 0.3) is 0 Å². The number of hydrogen-bond donors (Lipinski definition) is 2. The third-order valence-corrected chi connectivity index (χ3v) is 3.14. The van der Waals surface area contributed by atoms with Crippen molar-refractivity contribution in [1.29, 1.82) is 0 Å². The molecule has 0 fully saturated rings. The lowest BCUT2D eigenvalue weighted by molar-refractivity contribution is -0.164. The molecular weight excluding hydrogens is 286 g/mol. The first kappa shape index (κ1) is 17.8.